The molecule has 2 amide bonds. The van der Waals surface area contributed by atoms with Crippen molar-refractivity contribution in [3.8, 4) is 0 Å². The highest BCUT2D eigenvalue weighted by molar-refractivity contribution is 5.92. The first kappa shape index (κ1) is 21.1. The molecule has 6 heteroatoms. The number of para-hydroxylation sites is 1. The lowest BCUT2D eigenvalue weighted by Crippen LogP contribution is -2.33. The van der Waals surface area contributed by atoms with Crippen LogP contribution in [0.4, 0.5) is 5.69 Å². The number of nitrogens with zero attached hydrogens (tertiary/aromatic N) is 1. The second-order valence-electron chi connectivity index (χ2n) is 7.75. The van der Waals surface area contributed by atoms with Gasteiger partial charge in [0.15, 0.2) is 5.76 Å². The minimum Gasteiger partial charge on any atom is -0.459 e. The highest BCUT2D eigenvalue weighted by atomic mass is 16.3. The van der Waals surface area contributed by atoms with E-state index in [4.69, 9.17) is 4.42 Å². The third-order valence-corrected chi connectivity index (χ3v) is 5.52. The van der Waals surface area contributed by atoms with E-state index in [0.29, 0.717) is 25.4 Å². The third-order valence-electron chi connectivity index (χ3n) is 5.52. The molecule has 29 heavy (non-hydrogen) atoms. The number of rotatable bonds is 9. The standard InChI is InChI=1S/C23H31N3O3/c1-26(19-10-3-2-4-11-19)17-18-9-5-6-12-20(18)25-22(27)14-7-15-24-23(28)21-13-8-16-29-21/h5-6,8-9,12-13,16,19H,2-4,7,10-11,14-15,17H2,1H3,(H,24,28)(H,25,27). The first-order valence-corrected chi connectivity index (χ1v) is 10.5. The molecule has 0 saturated heterocycles. The molecule has 0 atom stereocenters. The summed E-state index contributed by atoms with van der Waals surface area (Å²) in [7, 11) is 2.18. The molecule has 0 unspecified atom stereocenters. The molecule has 1 fully saturated rings. The molecule has 1 aromatic heterocycles. The average molecular weight is 398 g/mol. The van der Waals surface area contributed by atoms with Crippen LogP contribution in [0.2, 0.25) is 0 Å². The number of benzene rings is 1. The van der Waals surface area contributed by atoms with Crippen LogP contribution in [0.5, 0.6) is 0 Å². The molecule has 1 aliphatic rings. The number of nitrogens with one attached hydrogen (secondary N) is 2. The van der Waals surface area contributed by atoms with E-state index in [2.05, 4.69) is 28.6 Å². The van der Waals surface area contributed by atoms with E-state index in [1.807, 2.05) is 18.2 Å². The minimum absolute atomic E-state index is 0.0370. The topological polar surface area (TPSA) is 74.6 Å². The highest BCUT2D eigenvalue weighted by Crippen LogP contribution is 2.25. The van der Waals surface area contributed by atoms with Gasteiger partial charge in [0.05, 0.1) is 6.26 Å². The van der Waals surface area contributed by atoms with Gasteiger partial charge in [0.2, 0.25) is 5.91 Å². The van der Waals surface area contributed by atoms with E-state index >= 15 is 0 Å². The second-order valence-corrected chi connectivity index (χ2v) is 7.75. The lowest BCUT2D eigenvalue weighted by molar-refractivity contribution is -0.116. The van der Waals surface area contributed by atoms with E-state index in [0.717, 1.165) is 17.8 Å². The van der Waals surface area contributed by atoms with Crippen molar-refractivity contribution in [3.63, 3.8) is 0 Å². The molecule has 1 aliphatic carbocycles. The van der Waals surface area contributed by atoms with Crippen LogP contribution in [-0.2, 0) is 11.3 Å². The molecule has 2 N–H and O–H groups in total. The number of amides is 2. The lowest BCUT2D eigenvalue weighted by Gasteiger charge is -2.31. The largest absolute Gasteiger partial charge is 0.459 e. The van der Waals surface area contributed by atoms with Gasteiger partial charge in [-0.05, 0) is 50.1 Å². The van der Waals surface area contributed by atoms with Crippen molar-refractivity contribution in [1.29, 1.82) is 0 Å². The monoisotopic (exact) mass is 397 g/mol. The fraction of sp³-hybridized carbons (Fsp3) is 0.478. The van der Waals surface area contributed by atoms with E-state index in [-0.39, 0.29) is 17.6 Å². The van der Waals surface area contributed by atoms with E-state index in [1.165, 1.54) is 38.4 Å². The van der Waals surface area contributed by atoms with Crippen molar-refractivity contribution < 1.29 is 14.0 Å². The summed E-state index contributed by atoms with van der Waals surface area (Å²) in [5.74, 6) is -0.0121. The molecule has 3 rings (SSSR count). The van der Waals surface area contributed by atoms with Gasteiger partial charge < -0.3 is 15.1 Å². The van der Waals surface area contributed by atoms with Crippen LogP contribution < -0.4 is 10.6 Å². The zero-order chi connectivity index (χ0) is 20.5. The number of hydrogen-bond acceptors (Lipinski definition) is 4. The Morgan fingerprint density at radius 1 is 1.10 bits per heavy atom. The summed E-state index contributed by atoms with van der Waals surface area (Å²) in [5.41, 5.74) is 2.01. The Hall–Kier alpha value is -2.60. The average Bonchev–Trinajstić information content (AvgIpc) is 3.28. The summed E-state index contributed by atoms with van der Waals surface area (Å²) in [6.45, 7) is 1.26. The van der Waals surface area contributed by atoms with E-state index in [1.54, 1.807) is 12.1 Å². The van der Waals surface area contributed by atoms with Gasteiger partial charge in [-0.25, -0.2) is 0 Å². The Morgan fingerprint density at radius 3 is 2.66 bits per heavy atom. The number of anilines is 1. The predicted molar refractivity (Wildman–Crippen MR) is 114 cm³/mol. The Kier molecular flexibility index (Phi) is 7.87. The van der Waals surface area contributed by atoms with Crippen LogP contribution >= 0.6 is 0 Å². The molecule has 156 valence electrons. The maximum atomic E-state index is 12.4. The van der Waals surface area contributed by atoms with Gasteiger partial charge in [-0.2, -0.15) is 0 Å². The van der Waals surface area contributed by atoms with Crippen molar-refractivity contribution in [2.75, 3.05) is 18.9 Å². The van der Waals surface area contributed by atoms with Crippen LogP contribution in [0.25, 0.3) is 0 Å². The van der Waals surface area contributed by atoms with Crippen LogP contribution in [0.1, 0.15) is 61.1 Å². The zero-order valence-electron chi connectivity index (χ0n) is 17.2. The van der Waals surface area contributed by atoms with Gasteiger partial charge in [-0.1, -0.05) is 37.5 Å². The zero-order valence-corrected chi connectivity index (χ0v) is 17.2. The first-order valence-electron chi connectivity index (χ1n) is 10.5. The summed E-state index contributed by atoms with van der Waals surface area (Å²) >= 11 is 0. The Morgan fingerprint density at radius 2 is 1.90 bits per heavy atom. The van der Waals surface area contributed by atoms with Gasteiger partial charge in [0.25, 0.3) is 5.91 Å². The van der Waals surface area contributed by atoms with Crippen LogP contribution in [0.3, 0.4) is 0 Å². The number of carbonyl (C=O) groups excluding carboxylic acids is 2. The van der Waals surface area contributed by atoms with Crippen molar-refractivity contribution >= 4 is 17.5 Å². The van der Waals surface area contributed by atoms with Crippen LogP contribution in [0, 0.1) is 0 Å². The molecule has 2 aromatic rings. The van der Waals surface area contributed by atoms with Gasteiger partial charge >= 0.3 is 0 Å². The van der Waals surface area contributed by atoms with Gasteiger partial charge in [0.1, 0.15) is 0 Å². The Bertz CT molecular complexity index is 782. The Balaban J connectivity index is 1.44. The number of furan rings is 1. The number of hydrogen-bond donors (Lipinski definition) is 2. The Labute approximate surface area is 172 Å². The SMILES string of the molecule is CN(Cc1ccccc1NC(=O)CCCNC(=O)c1ccco1)C1CCCCC1. The molecule has 0 aliphatic heterocycles. The molecular weight excluding hydrogens is 366 g/mol. The number of carbonyl (C=O) groups is 2. The summed E-state index contributed by atoms with van der Waals surface area (Å²) in [5, 5.41) is 5.80. The third kappa shape index (κ3) is 6.46. The first-order chi connectivity index (χ1) is 14.1. The highest BCUT2D eigenvalue weighted by Gasteiger charge is 2.19. The minimum atomic E-state index is -0.258. The van der Waals surface area contributed by atoms with Crippen molar-refractivity contribution in [2.24, 2.45) is 0 Å². The molecule has 1 aromatic carbocycles. The molecule has 0 bridgehead atoms. The molecule has 1 heterocycles. The second kappa shape index (κ2) is 10.8. The maximum Gasteiger partial charge on any atom is 0.286 e. The van der Waals surface area contributed by atoms with Gasteiger partial charge in [-0.3, -0.25) is 14.5 Å². The van der Waals surface area contributed by atoms with Gasteiger partial charge in [-0.15, -0.1) is 0 Å². The van der Waals surface area contributed by atoms with E-state index in [9.17, 15) is 9.59 Å². The summed E-state index contributed by atoms with van der Waals surface area (Å²) in [6.07, 6.45) is 8.87. The molecular formula is C23H31N3O3. The van der Waals surface area contributed by atoms with Crippen LogP contribution in [0.15, 0.2) is 47.1 Å². The smallest absolute Gasteiger partial charge is 0.286 e. The lowest BCUT2D eigenvalue weighted by atomic mass is 9.94. The molecule has 6 nitrogen and oxygen atoms in total. The molecule has 0 radical (unpaired) electrons. The fourth-order valence-electron chi connectivity index (χ4n) is 3.86. The normalized spacial score (nSPS) is 14.7. The fourth-order valence-corrected chi connectivity index (χ4v) is 3.86. The van der Waals surface area contributed by atoms with Gasteiger partial charge in [0, 0.05) is 31.2 Å². The molecule has 0 spiro atoms. The van der Waals surface area contributed by atoms with Crippen molar-refractivity contribution in [2.45, 2.75) is 57.5 Å². The maximum absolute atomic E-state index is 12.4. The van der Waals surface area contributed by atoms with Crippen LogP contribution in [-0.4, -0.2) is 36.3 Å². The quantitative estimate of drug-likeness (QED) is 0.622. The van der Waals surface area contributed by atoms with E-state index < -0.39 is 0 Å². The van der Waals surface area contributed by atoms with Crippen molar-refractivity contribution in [1.82, 2.24) is 10.2 Å². The predicted octanol–water partition coefficient (Wildman–Crippen LogP) is 4.19. The van der Waals surface area contributed by atoms with Crippen molar-refractivity contribution in [3.05, 3.63) is 54.0 Å². The summed E-state index contributed by atoms with van der Waals surface area (Å²) in [4.78, 5) is 26.6. The summed E-state index contributed by atoms with van der Waals surface area (Å²) in [6, 6.07) is 11.9. The molecule has 1 saturated carbocycles. The summed E-state index contributed by atoms with van der Waals surface area (Å²) < 4.78 is 5.05.